The summed E-state index contributed by atoms with van der Waals surface area (Å²) >= 11 is 6.84. The topological polar surface area (TPSA) is 76.5 Å². The van der Waals surface area contributed by atoms with Crippen molar-refractivity contribution in [3.05, 3.63) is 53.3 Å². The largest absolute Gasteiger partial charge is 0.508 e. The molecule has 4 atom stereocenters. The smallest absolute Gasteiger partial charge is 0.228 e. The quantitative estimate of drug-likeness (QED) is 0.326. The molecule has 4 fully saturated rings. The molecule has 0 amide bonds. The van der Waals surface area contributed by atoms with E-state index in [0.717, 1.165) is 30.3 Å². The molecule has 4 unspecified atom stereocenters. The zero-order valence-corrected chi connectivity index (χ0v) is 22.6. The molecule has 3 aromatic carbocycles. The van der Waals surface area contributed by atoms with E-state index in [4.69, 9.17) is 21.6 Å². The van der Waals surface area contributed by atoms with Crippen molar-refractivity contribution < 1.29 is 9.50 Å². The van der Waals surface area contributed by atoms with Crippen LogP contribution in [0, 0.1) is 11.2 Å². The van der Waals surface area contributed by atoms with Crippen LogP contribution in [0.15, 0.2) is 42.5 Å². The number of rotatable bonds is 5. The predicted molar refractivity (Wildman–Crippen MR) is 153 cm³/mol. The molecule has 0 radical (unpaired) electrons. The SMILES string of the molecule is CN(C)C1CN(c2nc(NC3CC4NC5CCC354)c3cc(Cl)c(-c4cc(O)cc5ccccc45)c(F)c3n2)C1. The van der Waals surface area contributed by atoms with Crippen molar-refractivity contribution in [3.63, 3.8) is 0 Å². The predicted octanol–water partition coefficient (Wildman–Crippen LogP) is 5.00. The maximum Gasteiger partial charge on any atom is 0.228 e. The molecule has 2 aliphatic carbocycles. The van der Waals surface area contributed by atoms with Gasteiger partial charge in [0.05, 0.1) is 5.02 Å². The van der Waals surface area contributed by atoms with Crippen molar-refractivity contribution in [2.75, 3.05) is 37.4 Å². The van der Waals surface area contributed by atoms with Crippen molar-refractivity contribution in [2.45, 2.75) is 43.4 Å². The highest BCUT2D eigenvalue weighted by Crippen LogP contribution is 2.63. The van der Waals surface area contributed by atoms with Crippen LogP contribution in [0.5, 0.6) is 5.75 Å². The molecule has 1 aromatic heterocycles. The van der Waals surface area contributed by atoms with Crippen LogP contribution in [0.4, 0.5) is 16.2 Å². The lowest BCUT2D eigenvalue weighted by atomic mass is 9.41. The van der Waals surface area contributed by atoms with Gasteiger partial charge in [-0.25, -0.2) is 9.37 Å². The van der Waals surface area contributed by atoms with Gasteiger partial charge in [-0.2, -0.15) is 4.98 Å². The van der Waals surface area contributed by atoms with Gasteiger partial charge in [0, 0.05) is 53.6 Å². The third-order valence-corrected chi connectivity index (χ3v) is 10.2. The molecule has 4 aromatic rings. The molecule has 1 spiro atoms. The van der Waals surface area contributed by atoms with Crippen molar-refractivity contribution in [2.24, 2.45) is 5.41 Å². The fourth-order valence-corrected chi connectivity index (χ4v) is 7.60. The molecule has 9 heteroatoms. The zero-order valence-electron chi connectivity index (χ0n) is 21.9. The zero-order chi connectivity index (χ0) is 26.6. The van der Waals surface area contributed by atoms with Gasteiger partial charge >= 0.3 is 0 Å². The minimum absolute atomic E-state index is 0.0586. The monoisotopic (exact) mass is 544 g/mol. The fourth-order valence-electron chi connectivity index (χ4n) is 7.31. The van der Waals surface area contributed by atoms with Crippen LogP contribution in [-0.2, 0) is 0 Å². The number of aromatic nitrogens is 2. The van der Waals surface area contributed by atoms with Gasteiger partial charge in [0.15, 0.2) is 5.82 Å². The third-order valence-electron chi connectivity index (χ3n) is 9.86. The molecule has 7 nitrogen and oxygen atoms in total. The van der Waals surface area contributed by atoms with Gasteiger partial charge in [0.25, 0.3) is 0 Å². The Bertz CT molecular complexity index is 1670. The van der Waals surface area contributed by atoms with E-state index in [9.17, 15) is 5.11 Å². The van der Waals surface area contributed by atoms with Crippen molar-refractivity contribution >= 4 is 45.0 Å². The molecule has 39 heavy (non-hydrogen) atoms. The number of phenolic OH excluding ortho intramolecular Hbond substituents is 1. The Morgan fingerprint density at radius 2 is 1.95 bits per heavy atom. The molecule has 2 aliphatic heterocycles. The van der Waals surface area contributed by atoms with E-state index in [2.05, 4.69) is 34.5 Å². The summed E-state index contributed by atoms with van der Waals surface area (Å²) in [7, 11) is 4.13. The summed E-state index contributed by atoms with van der Waals surface area (Å²) in [5.74, 6) is 0.734. The number of hydrogen-bond donors (Lipinski definition) is 3. The van der Waals surface area contributed by atoms with Crippen LogP contribution in [0.1, 0.15) is 19.3 Å². The Balaban J connectivity index is 1.28. The van der Waals surface area contributed by atoms with E-state index in [1.54, 1.807) is 18.2 Å². The number of phenols is 1. The van der Waals surface area contributed by atoms with Gasteiger partial charge in [-0.1, -0.05) is 35.9 Å². The van der Waals surface area contributed by atoms with Gasteiger partial charge in [-0.3, -0.25) is 0 Å². The molecule has 8 rings (SSSR count). The van der Waals surface area contributed by atoms with E-state index in [0.29, 0.717) is 52.3 Å². The van der Waals surface area contributed by atoms with Crippen LogP contribution >= 0.6 is 11.6 Å². The molecular formula is C30H30ClFN6O. The van der Waals surface area contributed by atoms with Gasteiger partial charge in [0.1, 0.15) is 17.1 Å². The van der Waals surface area contributed by atoms with E-state index >= 15 is 4.39 Å². The summed E-state index contributed by atoms with van der Waals surface area (Å²) < 4.78 is 16.6. The maximum absolute atomic E-state index is 16.6. The highest BCUT2D eigenvalue weighted by molar-refractivity contribution is 6.35. The van der Waals surface area contributed by atoms with Crippen LogP contribution < -0.4 is 15.5 Å². The van der Waals surface area contributed by atoms with Gasteiger partial charge in [-0.15, -0.1) is 0 Å². The Hall–Kier alpha value is -3.20. The van der Waals surface area contributed by atoms with Crippen LogP contribution in [0.3, 0.4) is 0 Å². The van der Waals surface area contributed by atoms with E-state index in [1.807, 2.05) is 24.3 Å². The fraction of sp³-hybridized carbons (Fsp3) is 0.400. The molecule has 2 saturated heterocycles. The summed E-state index contributed by atoms with van der Waals surface area (Å²) in [6.45, 7) is 1.58. The Labute approximate surface area is 231 Å². The molecule has 2 saturated carbocycles. The lowest BCUT2D eigenvalue weighted by Gasteiger charge is -2.75. The number of likely N-dealkylation sites (N-methyl/N-ethyl adjacent to an activating group) is 1. The average Bonchev–Trinajstić information content (AvgIpc) is 2.84. The Morgan fingerprint density at radius 3 is 2.67 bits per heavy atom. The van der Waals surface area contributed by atoms with Crippen molar-refractivity contribution in [1.29, 1.82) is 0 Å². The molecular weight excluding hydrogens is 515 g/mol. The van der Waals surface area contributed by atoms with Gasteiger partial charge in [0.2, 0.25) is 5.95 Å². The first-order chi connectivity index (χ1) is 18.8. The highest BCUT2D eigenvalue weighted by Gasteiger charge is 2.71. The average molecular weight is 545 g/mol. The summed E-state index contributed by atoms with van der Waals surface area (Å²) in [5, 5.41) is 20.3. The summed E-state index contributed by atoms with van der Waals surface area (Å²) in [5.41, 5.74) is 1.33. The second-order valence-corrected chi connectivity index (χ2v) is 12.3. The van der Waals surface area contributed by atoms with Gasteiger partial charge < -0.3 is 25.5 Å². The summed E-state index contributed by atoms with van der Waals surface area (Å²) in [6, 6.07) is 14.5. The normalized spacial score (nSPS) is 27.4. The van der Waals surface area contributed by atoms with Crippen LogP contribution in [0.25, 0.3) is 32.8 Å². The lowest BCUT2D eigenvalue weighted by Crippen LogP contribution is -2.87. The standard InChI is InChI=1S/C30H30ClFN6O/c1-37(2)16-13-38(14-16)29-35-27-20(28(36-29)34-24-12-23-30(24)8-7-22(30)33-23)11-21(31)25(26(27)32)19-10-17(39)9-15-5-3-4-6-18(15)19/h3-6,9-11,16,22-24,33,39H,7-8,12-14H2,1-2H3,(H,34,35,36). The minimum Gasteiger partial charge on any atom is -0.508 e. The van der Waals surface area contributed by atoms with E-state index in [1.165, 1.54) is 12.8 Å². The van der Waals surface area contributed by atoms with Crippen molar-refractivity contribution in [3.8, 4) is 16.9 Å². The summed E-state index contributed by atoms with van der Waals surface area (Å²) in [4.78, 5) is 14.0. The number of anilines is 2. The highest BCUT2D eigenvalue weighted by atomic mass is 35.5. The molecule has 200 valence electrons. The first-order valence-corrected chi connectivity index (χ1v) is 14.1. The van der Waals surface area contributed by atoms with E-state index < -0.39 is 5.82 Å². The summed E-state index contributed by atoms with van der Waals surface area (Å²) in [6.07, 6.45) is 3.46. The Morgan fingerprint density at radius 1 is 1.13 bits per heavy atom. The molecule has 3 heterocycles. The molecule has 3 N–H and O–H groups in total. The Kier molecular flexibility index (Phi) is 4.95. The number of nitrogens with zero attached hydrogens (tertiary/aromatic N) is 4. The first-order valence-electron chi connectivity index (χ1n) is 13.7. The second-order valence-electron chi connectivity index (χ2n) is 11.9. The molecule has 4 aliphatic rings. The number of aromatic hydroxyl groups is 1. The number of fused-ring (bicyclic) bond motifs is 2. The van der Waals surface area contributed by atoms with Crippen LogP contribution in [-0.4, -0.2) is 71.3 Å². The number of nitrogens with one attached hydrogen (secondary N) is 2. The number of hydrogen-bond acceptors (Lipinski definition) is 7. The third kappa shape index (κ3) is 3.22. The number of piperidine rings is 2. The maximum atomic E-state index is 16.6. The number of benzene rings is 3. The second kappa shape index (κ2) is 8.16. The molecule has 0 bridgehead atoms. The van der Waals surface area contributed by atoms with Crippen LogP contribution in [0.2, 0.25) is 5.02 Å². The minimum atomic E-state index is -0.499. The van der Waals surface area contributed by atoms with E-state index in [-0.39, 0.29) is 21.9 Å². The first kappa shape index (κ1) is 23.7. The van der Waals surface area contributed by atoms with Gasteiger partial charge in [-0.05, 0) is 67.9 Å². The lowest BCUT2D eigenvalue weighted by molar-refractivity contribution is -0.163. The number of halogens is 2. The van der Waals surface area contributed by atoms with Crippen molar-refractivity contribution in [1.82, 2.24) is 20.2 Å².